The van der Waals surface area contributed by atoms with E-state index in [9.17, 15) is 13.2 Å². The number of amides is 1. The van der Waals surface area contributed by atoms with Gasteiger partial charge < -0.3 is 10.1 Å². The number of carbonyl (C=O) groups is 1. The molecule has 0 unspecified atom stereocenters. The highest BCUT2D eigenvalue weighted by Gasteiger charge is 2.42. The Kier molecular flexibility index (Phi) is 4.65. The lowest BCUT2D eigenvalue weighted by molar-refractivity contribution is 0.0938. The molecule has 1 saturated carbocycles. The Morgan fingerprint density at radius 3 is 2.43 bits per heavy atom. The van der Waals surface area contributed by atoms with Crippen LogP contribution in [0.1, 0.15) is 29.6 Å². The highest BCUT2D eigenvalue weighted by molar-refractivity contribution is 7.89. The summed E-state index contributed by atoms with van der Waals surface area (Å²) in [5.41, 5.74) is 0.594. The maximum absolute atomic E-state index is 12.0. The summed E-state index contributed by atoms with van der Waals surface area (Å²) < 4.78 is 27.4. The number of sulfonamides is 1. The summed E-state index contributed by atoms with van der Waals surface area (Å²) in [7, 11) is -2.06. The predicted molar refractivity (Wildman–Crippen MR) is 78.3 cm³/mol. The molecule has 3 N–H and O–H groups in total. The summed E-state index contributed by atoms with van der Waals surface area (Å²) in [6.07, 6.45) is 3.14. The second kappa shape index (κ2) is 6.13. The number of nitrogens with one attached hydrogen (secondary N) is 1. The first kappa shape index (κ1) is 15.9. The van der Waals surface area contributed by atoms with Gasteiger partial charge in [-0.3, -0.25) is 4.79 Å². The van der Waals surface area contributed by atoms with Crippen molar-refractivity contribution in [1.82, 2.24) is 5.32 Å². The lowest BCUT2D eigenvalue weighted by Gasteiger charge is -2.15. The summed E-state index contributed by atoms with van der Waals surface area (Å²) in [5.74, 6) is -0.209. The molecule has 0 spiro atoms. The molecule has 1 aromatic rings. The average molecular weight is 312 g/mol. The third kappa shape index (κ3) is 4.26. The van der Waals surface area contributed by atoms with Gasteiger partial charge in [0.05, 0.1) is 4.90 Å². The molecular formula is C14H20N2O4S. The SMILES string of the molecule is COCCC1(CNC(=O)c2ccc(S(N)(=O)=O)cc2)CC1. The normalized spacial score (nSPS) is 16.5. The number of nitrogens with two attached hydrogens (primary N) is 1. The lowest BCUT2D eigenvalue weighted by Crippen LogP contribution is -2.30. The van der Waals surface area contributed by atoms with E-state index in [0.29, 0.717) is 18.7 Å². The molecule has 21 heavy (non-hydrogen) atoms. The second-order valence-corrected chi connectivity index (χ2v) is 7.06. The van der Waals surface area contributed by atoms with E-state index in [2.05, 4.69) is 5.32 Å². The van der Waals surface area contributed by atoms with Crippen molar-refractivity contribution in [2.45, 2.75) is 24.2 Å². The van der Waals surface area contributed by atoms with Gasteiger partial charge in [-0.2, -0.15) is 0 Å². The summed E-state index contributed by atoms with van der Waals surface area (Å²) >= 11 is 0. The maximum Gasteiger partial charge on any atom is 0.251 e. The molecule has 0 saturated heterocycles. The van der Waals surface area contributed by atoms with E-state index in [1.807, 2.05) is 0 Å². The number of ether oxygens (including phenoxy) is 1. The molecule has 6 nitrogen and oxygen atoms in total. The van der Waals surface area contributed by atoms with E-state index < -0.39 is 10.0 Å². The van der Waals surface area contributed by atoms with Gasteiger partial charge in [0.1, 0.15) is 0 Å². The Hall–Kier alpha value is -1.44. The van der Waals surface area contributed by atoms with Crippen molar-refractivity contribution >= 4 is 15.9 Å². The van der Waals surface area contributed by atoms with Crippen molar-refractivity contribution in [1.29, 1.82) is 0 Å². The van der Waals surface area contributed by atoms with Crippen LogP contribution in [-0.4, -0.2) is 34.6 Å². The smallest absolute Gasteiger partial charge is 0.251 e. The molecule has 0 aliphatic heterocycles. The summed E-state index contributed by atoms with van der Waals surface area (Å²) in [6, 6.07) is 5.59. The van der Waals surface area contributed by atoms with Crippen molar-refractivity contribution in [3.05, 3.63) is 29.8 Å². The van der Waals surface area contributed by atoms with Crippen molar-refractivity contribution in [2.24, 2.45) is 10.6 Å². The van der Waals surface area contributed by atoms with Crippen LogP contribution in [0.4, 0.5) is 0 Å². The van der Waals surface area contributed by atoms with Gasteiger partial charge >= 0.3 is 0 Å². The quantitative estimate of drug-likeness (QED) is 0.781. The fraction of sp³-hybridized carbons (Fsp3) is 0.500. The first-order valence-electron chi connectivity index (χ1n) is 6.76. The Morgan fingerprint density at radius 2 is 1.95 bits per heavy atom. The number of primary sulfonamides is 1. The van der Waals surface area contributed by atoms with Crippen LogP contribution in [0.25, 0.3) is 0 Å². The minimum atomic E-state index is -3.73. The molecule has 7 heteroatoms. The summed E-state index contributed by atoms with van der Waals surface area (Å²) in [6.45, 7) is 1.31. The largest absolute Gasteiger partial charge is 0.385 e. The summed E-state index contributed by atoms with van der Waals surface area (Å²) in [4.78, 5) is 12.0. The van der Waals surface area contributed by atoms with Gasteiger partial charge in [0, 0.05) is 25.8 Å². The Bertz CT molecular complexity index is 606. The van der Waals surface area contributed by atoms with Gasteiger partial charge in [0.15, 0.2) is 0 Å². The molecule has 0 radical (unpaired) electrons. The zero-order valence-corrected chi connectivity index (χ0v) is 12.8. The Labute approximate surface area is 124 Å². The molecule has 0 aromatic heterocycles. The summed E-state index contributed by atoms with van der Waals surface area (Å²) in [5, 5.41) is 7.91. The molecule has 0 heterocycles. The van der Waals surface area contributed by atoms with Crippen molar-refractivity contribution < 1.29 is 17.9 Å². The van der Waals surface area contributed by atoms with E-state index in [0.717, 1.165) is 19.3 Å². The molecule has 116 valence electrons. The average Bonchev–Trinajstić information content (AvgIpc) is 3.22. The van der Waals surface area contributed by atoms with Gasteiger partial charge in [-0.1, -0.05) is 0 Å². The predicted octanol–water partition coefficient (Wildman–Crippen LogP) is 0.881. The van der Waals surface area contributed by atoms with Crippen LogP contribution in [0.2, 0.25) is 0 Å². The van der Waals surface area contributed by atoms with Crippen LogP contribution >= 0.6 is 0 Å². The van der Waals surface area contributed by atoms with Gasteiger partial charge in [-0.15, -0.1) is 0 Å². The molecule has 1 aromatic carbocycles. The van der Waals surface area contributed by atoms with Crippen LogP contribution in [0.3, 0.4) is 0 Å². The molecule has 0 bridgehead atoms. The molecule has 1 aliphatic rings. The first-order valence-corrected chi connectivity index (χ1v) is 8.31. The molecule has 1 aliphatic carbocycles. The van der Waals surface area contributed by atoms with Gasteiger partial charge in [-0.25, -0.2) is 13.6 Å². The zero-order valence-electron chi connectivity index (χ0n) is 12.0. The number of carbonyl (C=O) groups excluding carboxylic acids is 1. The maximum atomic E-state index is 12.0. The molecule has 1 amide bonds. The van der Waals surface area contributed by atoms with Crippen LogP contribution in [0.5, 0.6) is 0 Å². The zero-order chi connectivity index (χ0) is 15.5. The Balaban J connectivity index is 1.92. The van der Waals surface area contributed by atoms with Crippen LogP contribution in [0.15, 0.2) is 29.2 Å². The topological polar surface area (TPSA) is 98.5 Å². The van der Waals surface area contributed by atoms with E-state index >= 15 is 0 Å². The van der Waals surface area contributed by atoms with Gasteiger partial charge in [0.25, 0.3) is 5.91 Å². The van der Waals surface area contributed by atoms with Crippen LogP contribution in [-0.2, 0) is 14.8 Å². The van der Waals surface area contributed by atoms with Crippen LogP contribution < -0.4 is 10.5 Å². The third-order valence-electron chi connectivity index (χ3n) is 3.86. The Morgan fingerprint density at radius 1 is 1.33 bits per heavy atom. The number of benzene rings is 1. The van der Waals surface area contributed by atoms with Gasteiger partial charge in [0.2, 0.25) is 10.0 Å². The molecule has 2 rings (SSSR count). The minimum Gasteiger partial charge on any atom is -0.385 e. The fourth-order valence-corrected chi connectivity index (χ4v) is 2.69. The van der Waals surface area contributed by atoms with E-state index in [4.69, 9.17) is 9.88 Å². The highest BCUT2D eigenvalue weighted by atomic mass is 32.2. The third-order valence-corrected chi connectivity index (χ3v) is 4.79. The highest BCUT2D eigenvalue weighted by Crippen LogP contribution is 2.48. The minimum absolute atomic E-state index is 0.00203. The number of hydrogen-bond donors (Lipinski definition) is 2. The molecular weight excluding hydrogens is 292 g/mol. The standard InChI is InChI=1S/C14H20N2O4S/c1-20-9-8-14(6-7-14)10-16-13(17)11-2-4-12(5-3-11)21(15,18)19/h2-5H,6-10H2,1H3,(H,16,17)(H2,15,18,19). The molecule has 1 fully saturated rings. The number of rotatable bonds is 7. The lowest BCUT2D eigenvalue weighted by atomic mass is 10.0. The van der Waals surface area contributed by atoms with E-state index in [1.54, 1.807) is 7.11 Å². The number of methoxy groups -OCH3 is 1. The van der Waals surface area contributed by atoms with Crippen molar-refractivity contribution in [3.63, 3.8) is 0 Å². The fourth-order valence-electron chi connectivity index (χ4n) is 2.18. The first-order chi connectivity index (χ1) is 9.86. The van der Waals surface area contributed by atoms with Crippen LogP contribution in [0, 0.1) is 5.41 Å². The second-order valence-electron chi connectivity index (χ2n) is 5.49. The van der Waals surface area contributed by atoms with E-state index in [1.165, 1.54) is 24.3 Å². The van der Waals surface area contributed by atoms with Crippen molar-refractivity contribution in [2.75, 3.05) is 20.3 Å². The van der Waals surface area contributed by atoms with Gasteiger partial charge in [-0.05, 0) is 48.9 Å². The van der Waals surface area contributed by atoms with E-state index in [-0.39, 0.29) is 16.2 Å². The molecule has 0 atom stereocenters. The number of hydrogen-bond acceptors (Lipinski definition) is 4. The van der Waals surface area contributed by atoms with Crippen molar-refractivity contribution in [3.8, 4) is 0 Å². The monoisotopic (exact) mass is 312 g/mol.